The predicted molar refractivity (Wildman–Crippen MR) is 77.2 cm³/mol. The van der Waals surface area contributed by atoms with Crippen molar-refractivity contribution in [2.24, 2.45) is 0 Å². The van der Waals surface area contributed by atoms with E-state index in [0.29, 0.717) is 18.9 Å². The predicted octanol–water partition coefficient (Wildman–Crippen LogP) is -0.606. The lowest BCUT2D eigenvalue weighted by molar-refractivity contribution is -0.129. The van der Waals surface area contributed by atoms with Crippen molar-refractivity contribution in [3.8, 4) is 0 Å². The molecule has 1 fully saturated rings. The van der Waals surface area contributed by atoms with Crippen LogP contribution in [0.5, 0.6) is 0 Å². The molecule has 0 radical (unpaired) electrons. The van der Waals surface area contributed by atoms with E-state index in [-0.39, 0.29) is 30.6 Å². The van der Waals surface area contributed by atoms with Crippen molar-refractivity contribution in [1.82, 2.24) is 24.2 Å². The second-order valence-corrected chi connectivity index (χ2v) is 5.32. The molecule has 0 aliphatic carbocycles. The third-order valence-electron chi connectivity index (χ3n) is 3.69. The molecule has 116 valence electrons. The fourth-order valence-corrected chi connectivity index (χ4v) is 2.56. The van der Waals surface area contributed by atoms with E-state index in [9.17, 15) is 14.7 Å². The number of hydrogen-bond acceptors (Lipinski definition) is 5. The number of amides is 2. The van der Waals surface area contributed by atoms with Crippen LogP contribution in [0, 0.1) is 0 Å². The van der Waals surface area contributed by atoms with Crippen molar-refractivity contribution in [2.75, 3.05) is 26.2 Å². The van der Waals surface area contributed by atoms with E-state index in [1.807, 2.05) is 0 Å². The average molecular weight is 303 g/mol. The molecule has 2 aromatic rings. The summed E-state index contributed by atoms with van der Waals surface area (Å²) in [7, 11) is 0. The summed E-state index contributed by atoms with van der Waals surface area (Å²) >= 11 is 0. The average Bonchev–Trinajstić information content (AvgIpc) is 2.82. The summed E-state index contributed by atoms with van der Waals surface area (Å²) in [6.07, 6.45) is 4.23. The molecule has 22 heavy (non-hydrogen) atoms. The van der Waals surface area contributed by atoms with Gasteiger partial charge in [0.15, 0.2) is 0 Å². The number of carbonyl (C=O) groups is 2. The number of aliphatic hydroxyl groups is 1. The maximum absolute atomic E-state index is 12.6. The lowest BCUT2D eigenvalue weighted by Gasteiger charge is -2.20. The van der Waals surface area contributed by atoms with Gasteiger partial charge in [-0.15, -0.1) is 0 Å². The van der Waals surface area contributed by atoms with Crippen LogP contribution < -0.4 is 0 Å². The van der Waals surface area contributed by atoms with E-state index in [1.165, 1.54) is 11.8 Å². The van der Waals surface area contributed by atoms with Gasteiger partial charge in [-0.05, 0) is 6.07 Å². The van der Waals surface area contributed by atoms with E-state index in [2.05, 4.69) is 9.97 Å². The highest BCUT2D eigenvalue weighted by Gasteiger charge is 2.27. The van der Waals surface area contributed by atoms with E-state index < -0.39 is 6.10 Å². The molecule has 2 amide bonds. The van der Waals surface area contributed by atoms with Crippen LogP contribution in [0.3, 0.4) is 0 Å². The van der Waals surface area contributed by atoms with Crippen molar-refractivity contribution in [3.05, 3.63) is 30.4 Å². The monoisotopic (exact) mass is 303 g/mol. The molecule has 0 bridgehead atoms. The number of aromatic nitrogens is 3. The lowest BCUT2D eigenvalue weighted by Crippen LogP contribution is -2.37. The lowest BCUT2D eigenvalue weighted by atomic mass is 10.3. The van der Waals surface area contributed by atoms with Crippen LogP contribution >= 0.6 is 0 Å². The minimum absolute atomic E-state index is 0.106. The van der Waals surface area contributed by atoms with E-state index in [4.69, 9.17) is 0 Å². The Kier molecular flexibility index (Phi) is 3.76. The zero-order chi connectivity index (χ0) is 15.7. The minimum atomic E-state index is -0.759. The summed E-state index contributed by atoms with van der Waals surface area (Å²) in [5, 5.41) is 9.99. The first kappa shape index (κ1) is 14.5. The van der Waals surface area contributed by atoms with Gasteiger partial charge in [0.2, 0.25) is 11.7 Å². The Bertz CT molecular complexity index is 680. The van der Waals surface area contributed by atoms with Crippen LogP contribution in [0.1, 0.15) is 17.4 Å². The number of β-amino-alcohol motifs (C(OH)–C–C–N with tert-alkyl or cyclic N) is 1. The number of fused-ring (bicyclic) bond motifs is 1. The van der Waals surface area contributed by atoms with Crippen LogP contribution in [0.15, 0.2) is 24.7 Å². The smallest absolute Gasteiger partial charge is 0.274 e. The Balaban J connectivity index is 1.80. The Morgan fingerprint density at radius 2 is 2.00 bits per heavy atom. The van der Waals surface area contributed by atoms with Crippen LogP contribution in [-0.2, 0) is 4.79 Å². The molecule has 0 saturated carbocycles. The van der Waals surface area contributed by atoms with Gasteiger partial charge in [0.1, 0.15) is 5.69 Å². The fourth-order valence-electron chi connectivity index (χ4n) is 2.56. The number of carbonyl (C=O) groups excluding carboxylic acids is 2. The number of nitrogens with zero attached hydrogens (tertiary/aromatic N) is 5. The number of hydrogen-bond donors (Lipinski definition) is 1. The summed E-state index contributed by atoms with van der Waals surface area (Å²) in [6.45, 7) is 2.66. The van der Waals surface area contributed by atoms with Gasteiger partial charge in [-0.3, -0.25) is 14.0 Å². The number of rotatable bonds is 1. The molecule has 0 unspecified atom stereocenters. The normalized spacial score (nSPS) is 19.3. The van der Waals surface area contributed by atoms with Crippen molar-refractivity contribution in [1.29, 1.82) is 0 Å². The molecule has 0 aromatic carbocycles. The first-order chi connectivity index (χ1) is 10.5. The molecule has 3 rings (SSSR count). The first-order valence-electron chi connectivity index (χ1n) is 7.07. The fraction of sp³-hybridized carbons (Fsp3) is 0.429. The quantitative estimate of drug-likeness (QED) is 0.759. The molecule has 8 nitrogen and oxygen atoms in total. The molecule has 1 aliphatic rings. The van der Waals surface area contributed by atoms with E-state index in [1.54, 1.807) is 34.0 Å². The molecular weight excluding hydrogens is 286 g/mol. The Hall–Kier alpha value is -2.48. The summed E-state index contributed by atoms with van der Waals surface area (Å²) in [4.78, 5) is 35.3. The van der Waals surface area contributed by atoms with Gasteiger partial charge >= 0.3 is 0 Å². The molecule has 8 heteroatoms. The third-order valence-corrected chi connectivity index (χ3v) is 3.69. The zero-order valence-electron chi connectivity index (χ0n) is 12.2. The van der Waals surface area contributed by atoms with Crippen LogP contribution in [0.4, 0.5) is 0 Å². The molecule has 1 saturated heterocycles. The zero-order valence-corrected chi connectivity index (χ0v) is 12.2. The Labute approximate surface area is 127 Å². The maximum atomic E-state index is 12.6. The SMILES string of the molecule is CC(=O)N1CCN(C(=O)c2cn3cccnc3n2)C[C@H](O)C1. The molecule has 1 aliphatic heterocycles. The summed E-state index contributed by atoms with van der Waals surface area (Å²) < 4.78 is 1.67. The van der Waals surface area contributed by atoms with Gasteiger partial charge in [0.25, 0.3) is 5.91 Å². The first-order valence-corrected chi connectivity index (χ1v) is 7.07. The van der Waals surface area contributed by atoms with Gasteiger partial charge in [0.05, 0.1) is 6.10 Å². The van der Waals surface area contributed by atoms with Gasteiger partial charge in [0, 0.05) is 51.7 Å². The van der Waals surface area contributed by atoms with Crippen molar-refractivity contribution in [2.45, 2.75) is 13.0 Å². The summed E-state index contributed by atoms with van der Waals surface area (Å²) in [5.74, 6) is 0.0758. The molecule has 1 atom stereocenters. The third kappa shape index (κ3) is 2.77. The molecular formula is C14H17N5O3. The highest BCUT2D eigenvalue weighted by Crippen LogP contribution is 2.10. The maximum Gasteiger partial charge on any atom is 0.274 e. The number of imidazole rings is 1. The molecule has 2 aromatic heterocycles. The molecule has 0 spiro atoms. The minimum Gasteiger partial charge on any atom is -0.389 e. The standard InChI is InChI=1S/C14H17N5O3/c1-10(20)17-5-6-18(8-11(21)7-17)13(22)12-9-19-4-2-3-15-14(19)16-12/h2-4,9,11,21H,5-8H2,1H3/t11-/m1/s1. The highest BCUT2D eigenvalue weighted by atomic mass is 16.3. The van der Waals surface area contributed by atoms with E-state index in [0.717, 1.165) is 0 Å². The van der Waals surface area contributed by atoms with Gasteiger partial charge < -0.3 is 14.9 Å². The van der Waals surface area contributed by atoms with Crippen LogP contribution in [0.2, 0.25) is 0 Å². The second-order valence-electron chi connectivity index (χ2n) is 5.32. The van der Waals surface area contributed by atoms with Gasteiger partial charge in [-0.25, -0.2) is 9.97 Å². The topological polar surface area (TPSA) is 91.0 Å². The molecule has 3 heterocycles. The van der Waals surface area contributed by atoms with Gasteiger partial charge in [-0.1, -0.05) is 0 Å². The van der Waals surface area contributed by atoms with E-state index >= 15 is 0 Å². The highest BCUT2D eigenvalue weighted by molar-refractivity contribution is 5.92. The summed E-state index contributed by atoms with van der Waals surface area (Å²) in [5.41, 5.74) is 0.280. The van der Waals surface area contributed by atoms with Crippen molar-refractivity contribution in [3.63, 3.8) is 0 Å². The second kappa shape index (κ2) is 5.72. The van der Waals surface area contributed by atoms with Crippen LogP contribution in [-0.4, -0.2) is 73.4 Å². The van der Waals surface area contributed by atoms with Crippen LogP contribution in [0.25, 0.3) is 5.78 Å². The van der Waals surface area contributed by atoms with Crippen molar-refractivity contribution >= 4 is 17.6 Å². The van der Waals surface area contributed by atoms with Crippen molar-refractivity contribution < 1.29 is 14.7 Å². The number of aliphatic hydroxyl groups excluding tert-OH is 1. The Morgan fingerprint density at radius 3 is 2.73 bits per heavy atom. The largest absolute Gasteiger partial charge is 0.389 e. The Morgan fingerprint density at radius 1 is 1.27 bits per heavy atom. The van der Waals surface area contributed by atoms with Gasteiger partial charge in [-0.2, -0.15) is 0 Å². The summed E-state index contributed by atoms with van der Waals surface area (Å²) in [6, 6.07) is 1.75. The molecule has 1 N–H and O–H groups in total.